The van der Waals surface area contributed by atoms with Gasteiger partial charge in [-0.05, 0) is 17.9 Å². The molecule has 2 saturated carbocycles. The van der Waals surface area contributed by atoms with E-state index in [1.807, 2.05) is 0 Å². The van der Waals surface area contributed by atoms with Crippen molar-refractivity contribution in [1.29, 1.82) is 0 Å². The average Bonchev–Trinajstić information content (AvgIpc) is 2.99. The molecule has 1 heterocycles. The van der Waals surface area contributed by atoms with Crippen LogP contribution in [0.15, 0.2) is 36.5 Å². The highest BCUT2D eigenvalue weighted by atomic mass is 16.6. The number of esters is 2. The molecule has 25 heavy (non-hydrogen) atoms. The Morgan fingerprint density at radius 1 is 1.40 bits per heavy atom. The van der Waals surface area contributed by atoms with E-state index in [2.05, 4.69) is 19.7 Å². The van der Waals surface area contributed by atoms with E-state index >= 15 is 0 Å². The maximum atomic E-state index is 12.2. The van der Waals surface area contributed by atoms with E-state index in [0.717, 1.165) is 5.57 Å². The van der Waals surface area contributed by atoms with Gasteiger partial charge in [-0.1, -0.05) is 32.2 Å². The van der Waals surface area contributed by atoms with Crippen LogP contribution in [0.25, 0.3) is 0 Å². The number of aliphatic hydroxyl groups is 2. The molecule has 1 saturated heterocycles. The van der Waals surface area contributed by atoms with Crippen LogP contribution in [-0.2, 0) is 19.1 Å². The number of hydrogen-bond donors (Lipinski definition) is 2. The Bertz CT molecular complexity index is 650. The van der Waals surface area contributed by atoms with Crippen LogP contribution >= 0.6 is 0 Å². The lowest BCUT2D eigenvalue weighted by molar-refractivity contribution is -0.149. The molecule has 0 aromatic rings. The van der Waals surface area contributed by atoms with E-state index in [0.29, 0.717) is 18.4 Å². The Morgan fingerprint density at radius 3 is 2.72 bits per heavy atom. The fraction of sp³-hybridized carbons (Fsp3) is 0.579. The number of hydrogen-bond acceptors (Lipinski definition) is 6. The van der Waals surface area contributed by atoms with Crippen molar-refractivity contribution in [2.45, 2.75) is 38.1 Å². The van der Waals surface area contributed by atoms with Gasteiger partial charge in [0.2, 0.25) is 0 Å². The summed E-state index contributed by atoms with van der Waals surface area (Å²) in [5, 5.41) is 19.3. The second kappa shape index (κ2) is 6.42. The van der Waals surface area contributed by atoms with E-state index in [-0.39, 0.29) is 29.3 Å². The largest absolute Gasteiger partial charge is 0.461 e. The molecule has 0 spiro atoms. The smallest absolute Gasteiger partial charge is 0.336 e. The van der Waals surface area contributed by atoms with Crippen molar-refractivity contribution in [3.63, 3.8) is 0 Å². The number of fused-ring (bicyclic) bond motifs is 3. The molecule has 2 N–H and O–H groups in total. The minimum atomic E-state index is -0.684. The molecule has 1 aliphatic heterocycles. The molecule has 6 heteroatoms. The van der Waals surface area contributed by atoms with E-state index in [1.54, 1.807) is 6.92 Å². The summed E-state index contributed by atoms with van der Waals surface area (Å²) < 4.78 is 11.2. The molecular formula is C19H24O6. The quantitative estimate of drug-likeness (QED) is 0.451. The first-order valence-electron chi connectivity index (χ1n) is 8.50. The minimum Gasteiger partial charge on any atom is -0.461 e. The van der Waals surface area contributed by atoms with Crippen LogP contribution < -0.4 is 0 Å². The second-order valence-electron chi connectivity index (χ2n) is 7.29. The molecule has 6 nitrogen and oxygen atoms in total. The molecule has 0 aromatic carbocycles. The Labute approximate surface area is 146 Å². The molecule has 7 atom stereocenters. The van der Waals surface area contributed by atoms with E-state index in [1.165, 1.54) is 0 Å². The van der Waals surface area contributed by atoms with Crippen LogP contribution in [0, 0.1) is 23.7 Å². The van der Waals surface area contributed by atoms with Crippen LogP contribution in [0.4, 0.5) is 0 Å². The molecule has 0 radical (unpaired) electrons. The Hall–Kier alpha value is -1.92. The van der Waals surface area contributed by atoms with Crippen LogP contribution in [0.2, 0.25) is 0 Å². The maximum Gasteiger partial charge on any atom is 0.336 e. The fourth-order valence-electron chi connectivity index (χ4n) is 4.44. The highest BCUT2D eigenvalue weighted by molar-refractivity contribution is 5.88. The van der Waals surface area contributed by atoms with Gasteiger partial charge < -0.3 is 19.7 Å². The summed E-state index contributed by atoms with van der Waals surface area (Å²) in [5.74, 6) is -2.09. The Morgan fingerprint density at radius 2 is 2.08 bits per heavy atom. The lowest BCUT2D eigenvalue weighted by Crippen LogP contribution is -2.38. The van der Waals surface area contributed by atoms with Crippen LogP contribution in [0.1, 0.15) is 19.8 Å². The van der Waals surface area contributed by atoms with Crippen LogP contribution in [0.5, 0.6) is 0 Å². The third-order valence-corrected chi connectivity index (χ3v) is 5.86. The predicted molar refractivity (Wildman–Crippen MR) is 89.1 cm³/mol. The van der Waals surface area contributed by atoms with Gasteiger partial charge in [0.1, 0.15) is 12.2 Å². The number of rotatable bonds is 3. The topological polar surface area (TPSA) is 93.1 Å². The van der Waals surface area contributed by atoms with Gasteiger partial charge in [0.15, 0.2) is 0 Å². The Kier molecular flexibility index (Phi) is 4.60. The lowest BCUT2D eigenvalue weighted by Gasteiger charge is -2.29. The van der Waals surface area contributed by atoms with Gasteiger partial charge in [-0.3, -0.25) is 4.79 Å². The van der Waals surface area contributed by atoms with Crippen molar-refractivity contribution >= 4 is 11.9 Å². The summed E-state index contributed by atoms with van der Waals surface area (Å²) in [5.41, 5.74) is 1.46. The number of aliphatic hydroxyl groups excluding tert-OH is 2. The predicted octanol–water partition coefficient (Wildman–Crippen LogP) is 1.14. The molecule has 0 aromatic heterocycles. The molecule has 136 valence electrons. The number of carbonyl (C=O) groups excluding carboxylic acids is 2. The summed E-state index contributed by atoms with van der Waals surface area (Å²) in [6.07, 6.45) is -0.868. The van der Waals surface area contributed by atoms with Crippen LogP contribution in [0.3, 0.4) is 0 Å². The molecule has 0 bridgehead atoms. The number of carbonyl (C=O) groups is 2. The lowest BCUT2D eigenvalue weighted by atomic mass is 9.79. The summed E-state index contributed by atoms with van der Waals surface area (Å²) >= 11 is 0. The zero-order chi connectivity index (χ0) is 18.5. The van der Waals surface area contributed by atoms with E-state index in [4.69, 9.17) is 14.6 Å². The molecule has 3 rings (SSSR count). The number of ether oxygens (including phenoxy) is 2. The third kappa shape index (κ3) is 2.83. The third-order valence-electron chi connectivity index (χ3n) is 5.86. The minimum absolute atomic E-state index is 0.0377. The maximum absolute atomic E-state index is 12.2. The highest BCUT2D eigenvalue weighted by Crippen LogP contribution is 2.52. The zero-order valence-electron chi connectivity index (χ0n) is 14.3. The highest BCUT2D eigenvalue weighted by Gasteiger charge is 2.57. The zero-order valence-corrected chi connectivity index (χ0v) is 14.3. The monoisotopic (exact) mass is 348 g/mol. The van der Waals surface area contributed by atoms with E-state index < -0.39 is 36.8 Å². The SMILES string of the molecule is C=C(CO)C(=O)O[C@H]1CC(=C)[C@@H]2C[C@H](O)C(=C)[C@@H]2[C@H]2OC(=O)[C@H](C)[C@@H]21. The second-order valence-corrected chi connectivity index (χ2v) is 7.29. The van der Waals surface area contributed by atoms with Crippen molar-refractivity contribution in [3.8, 4) is 0 Å². The van der Waals surface area contributed by atoms with Crippen molar-refractivity contribution in [2.75, 3.05) is 6.61 Å². The van der Waals surface area contributed by atoms with Gasteiger partial charge in [0.05, 0.1) is 24.2 Å². The average molecular weight is 348 g/mol. The first kappa shape index (κ1) is 17.9. The van der Waals surface area contributed by atoms with Gasteiger partial charge in [-0.15, -0.1) is 0 Å². The van der Waals surface area contributed by atoms with E-state index in [9.17, 15) is 14.7 Å². The summed E-state index contributed by atoms with van der Waals surface area (Å²) in [4.78, 5) is 24.3. The molecule has 3 fully saturated rings. The van der Waals surface area contributed by atoms with Crippen LogP contribution in [-0.4, -0.2) is 47.1 Å². The van der Waals surface area contributed by atoms with Crippen molar-refractivity contribution < 1.29 is 29.3 Å². The molecular weight excluding hydrogens is 324 g/mol. The van der Waals surface area contributed by atoms with Gasteiger partial charge >= 0.3 is 11.9 Å². The van der Waals surface area contributed by atoms with Crippen molar-refractivity contribution in [3.05, 3.63) is 36.5 Å². The first-order valence-corrected chi connectivity index (χ1v) is 8.50. The standard InChI is InChI=1S/C19H24O6/c1-8-5-14(24-18(22)9(2)7-20)16-11(4)19(23)25-17(16)15-10(3)13(21)6-12(8)15/h11-17,20-21H,1-3,5-7H2,4H3/t11-,12+,13+,14+,15+,16-,17-/m1/s1. The summed E-state index contributed by atoms with van der Waals surface area (Å²) in [7, 11) is 0. The fourth-order valence-corrected chi connectivity index (χ4v) is 4.44. The van der Waals surface area contributed by atoms with Gasteiger partial charge in [0, 0.05) is 18.3 Å². The molecule has 3 aliphatic rings. The molecule has 2 aliphatic carbocycles. The molecule has 0 unspecified atom stereocenters. The normalized spacial score (nSPS) is 40.1. The Balaban J connectivity index is 1.95. The first-order chi connectivity index (χ1) is 11.8. The molecule has 0 amide bonds. The summed E-state index contributed by atoms with van der Waals surface area (Å²) in [6, 6.07) is 0. The van der Waals surface area contributed by atoms with Crippen molar-refractivity contribution in [2.24, 2.45) is 23.7 Å². The van der Waals surface area contributed by atoms with Gasteiger partial charge in [-0.2, -0.15) is 0 Å². The van der Waals surface area contributed by atoms with Gasteiger partial charge in [-0.25, -0.2) is 4.79 Å². The van der Waals surface area contributed by atoms with Gasteiger partial charge in [0.25, 0.3) is 0 Å². The van der Waals surface area contributed by atoms with Crippen molar-refractivity contribution in [1.82, 2.24) is 0 Å². The summed E-state index contributed by atoms with van der Waals surface area (Å²) in [6.45, 7) is 12.9.